The van der Waals surface area contributed by atoms with Gasteiger partial charge in [-0.2, -0.15) is 0 Å². The Labute approximate surface area is 129 Å². The molecule has 0 aliphatic carbocycles. The van der Waals surface area contributed by atoms with E-state index in [-0.39, 0.29) is 0 Å². The second kappa shape index (κ2) is 5.97. The third-order valence-electron chi connectivity index (χ3n) is 2.48. The van der Waals surface area contributed by atoms with Crippen molar-refractivity contribution in [2.45, 2.75) is 13.8 Å². The first-order chi connectivity index (χ1) is 8.63. The number of rotatable bonds is 3. The largest absolute Gasteiger partial charge is 0.369 e. The summed E-state index contributed by atoms with van der Waals surface area (Å²) < 4.78 is 2.08. The molecule has 0 saturated heterocycles. The summed E-state index contributed by atoms with van der Waals surface area (Å²) >= 11 is 5.81. The summed E-state index contributed by atoms with van der Waals surface area (Å²) in [4.78, 5) is 9.15. The first kappa shape index (κ1) is 13.7. The molecule has 0 radical (unpaired) electrons. The third-order valence-corrected chi connectivity index (χ3v) is 4.46. The minimum atomic E-state index is 0.747. The molecule has 1 aromatic heterocycles. The number of aryl methyl sites for hydroxylation is 1. The predicted molar refractivity (Wildman–Crippen MR) is 86.8 cm³/mol. The molecular formula is C13H13BrIN3. The summed E-state index contributed by atoms with van der Waals surface area (Å²) in [7, 11) is 0. The number of aromatic nitrogens is 2. The van der Waals surface area contributed by atoms with Gasteiger partial charge in [-0.15, -0.1) is 0 Å². The number of nitrogens with one attached hydrogen (secondary N) is 1. The van der Waals surface area contributed by atoms with Crippen molar-refractivity contribution in [3.05, 3.63) is 38.0 Å². The molecule has 1 aromatic carbocycles. The molecule has 0 bridgehead atoms. The van der Waals surface area contributed by atoms with E-state index in [0.717, 1.165) is 37.5 Å². The molecule has 3 nitrogen and oxygen atoms in total. The Balaban J connectivity index is 2.56. The van der Waals surface area contributed by atoms with Gasteiger partial charge in [0.05, 0.1) is 9.26 Å². The number of halogens is 2. The van der Waals surface area contributed by atoms with Crippen molar-refractivity contribution in [2.24, 2.45) is 0 Å². The van der Waals surface area contributed by atoms with Gasteiger partial charge in [-0.1, -0.05) is 34.1 Å². The van der Waals surface area contributed by atoms with E-state index in [9.17, 15) is 0 Å². The van der Waals surface area contributed by atoms with Crippen molar-refractivity contribution < 1.29 is 0 Å². The van der Waals surface area contributed by atoms with Crippen LogP contribution in [0.1, 0.15) is 12.6 Å². The van der Waals surface area contributed by atoms with Crippen LogP contribution in [0.3, 0.4) is 0 Å². The maximum absolute atomic E-state index is 4.59. The van der Waals surface area contributed by atoms with Crippen molar-refractivity contribution in [1.82, 2.24) is 9.97 Å². The van der Waals surface area contributed by atoms with E-state index < -0.39 is 0 Å². The van der Waals surface area contributed by atoms with Crippen molar-refractivity contribution in [3.8, 4) is 11.4 Å². The molecule has 0 spiro atoms. The fourth-order valence-electron chi connectivity index (χ4n) is 1.61. The van der Waals surface area contributed by atoms with Gasteiger partial charge in [0, 0.05) is 16.6 Å². The van der Waals surface area contributed by atoms with Crippen molar-refractivity contribution in [2.75, 3.05) is 11.9 Å². The van der Waals surface area contributed by atoms with Gasteiger partial charge in [0.1, 0.15) is 5.82 Å². The van der Waals surface area contributed by atoms with Crippen LogP contribution in [0.15, 0.2) is 28.7 Å². The Morgan fingerprint density at radius 3 is 2.67 bits per heavy atom. The second-order valence-corrected chi connectivity index (χ2v) is 5.74. The van der Waals surface area contributed by atoms with Crippen LogP contribution in [-0.2, 0) is 0 Å². The van der Waals surface area contributed by atoms with Gasteiger partial charge in [0.2, 0.25) is 0 Å². The molecule has 0 saturated carbocycles. The van der Waals surface area contributed by atoms with E-state index in [2.05, 4.69) is 60.7 Å². The maximum Gasteiger partial charge on any atom is 0.162 e. The number of hydrogen-bond donors (Lipinski definition) is 1. The van der Waals surface area contributed by atoms with E-state index in [1.165, 1.54) is 0 Å². The zero-order valence-corrected chi connectivity index (χ0v) is 13.9. The fraction of sp³-hybridized carbons (Fsp3) is 0.231. The molecule has 0 amide bonds. The molecule has 0 aliphatic heterocycles. The van der Waals surface area contributed by atoms with E-state index in [1.807, 2.05) is 31.2 Å². The quantitative estimate of drug-likeness (QED) is 0.758. The Kier molecular flexibility index (Phi) is 4.55. The van der Waals surface area contributed by atoms with Crippen molar-refractivity contribution in [1.29, 1.82) is 0 Å². The summed E-state index contributed by atoms with van der Waals surface area (Å²) in [5.41, 5.74) is 2.00. The van der Waals surface area contributed by atoms with Crippen molar-refractivity contribution >= 4 is 44.3 Å². The highest BCUT2D eigenvalue weighted by Crippen LogP contribution is 2.28. The summed E-state index contributed by atoms with van der Waals surface area (Å²) in [6.45, 7) is 4.91. The minimum Gasteiger partial charge on any atom is -0.369 e. The molecule has 18 heavy (non-hydrogen) atoms. The predicted octanol–water partition coefficient (Wildman–Crippen LogP) is 4.25. The SMILES string of the molecule is CCNc1nc(-c2ccccc2Br)nc(C)c1I. The van der Waals surface area contributed by atoms with E-state index in [4.69, 9.17) is 0 Å². The number of benzene rings is 1. The van der Waals surface area contributed by atoms with Crippen LogP contribution in [-0.4, -0.2) is 16.5 Å². The van der Waals surface area contributed by atoms with Gasteiger partial charge in [0.15, 0.2) is 5.82 Å². The topological polar surface area (TPSA) is 37.8 Å². The van der Waals surface area contributed by atoms with E-state index in [1.54, 1.807) is 0 Å². The van der Waals surface area contributed by atoms with E-state index in [0.29, 0.717) is 0 Å². The summed E-state index contributed by atoms with van der Waals surface area (Å²) in [5.74, 6) is 1.65. The lowest BCUT2D eigenvalue weighted by Gasteiger charge is -2.10. The molecule has 94 valence electrons. The van der Waals surface area contributed by atoms with Gasteiger partial charge >= 0.3 is 0 Å². The Morgan fingerprint density at radius 1 is 1.28 bits per heavy atom. The summed E-state index contributed by atoms with van der Waals surface area (Å²) in [5, 5.41) is 3.27. The lowest BCUT2D eigenvalue weighted by molar-refractivity contribution is 1.06. The van der Waals surface area contributed by atoms with Gasteiger partial charge in [0.25, 0.3) is 0 Å². The molecule has 0 unspecified atom stereocenters. The molecule has 5 heteroatoms. The molecule has 1 heterocycles. The highest BCUT2D eigenvalue weighted by atomic mass is 127. The minimum absolute atomic E-state index is 0.747. The Morgan fingerprint density at radius 2 is 2.00 bits per heavy atom. The van der Waals surface area contributed by atoms with Crippen LogP contribution in [0.5, 0.6) is 0 Å². The van der Waals surface area contributed by atoms with Gasteiger partial charge < -0.3 is 5.32 Å². The molecule has 0 fully saturated rings. The molecule has 0 aliphatic rings. The highest BCUT2D eigenvalue weighted by Gasteiger charge is 2.11. The van der Waals surface area contributed by atoms with Crippen LogP contribution in [0.4, 0.5) is 5.82 Å². The Hall–Kier alpha value is -0.690. The van der Waals surface area contributed by atoms with Gasteiger partial charge in [-0.25, -0.2) is 9.97 Å². The molecule has 0 atom stereocenters. The van der Waals surface area contributed by atoms with Gasteiger partial charge in [-0.05, 0) is 42.5 Å². The number of nitrogens with zero attached hydrogens (tertiary/aromatic N) is 2. The summed E-state index contributed by atoms with van der Waals surface area (Å²) in [6, 6.07) is 7.99. The molecule has 2 rings (SSSR count). The second-order valence-electron chi connectivity index (χ2n) is 3.81. The molecule has 2 aromatic rings. The van der Waals surface area contributed by atoms with Crippen molar-refractivity contribution in [3.63, 3.8) is 0 Å². The normalized spacial score (nSPS) is 10.4. The van der Waals surface area contributed by atoms with Crippen LogP contribution in [0.25, 0.3) is 11.4 Å². The molecule has 1 N–H and O–H groups in total. The van der Waals surface area contributed by atoms with Crippen LogP contribution >= 0.6 is 38.5 Å². The average molecular weight is 418 g/mol. The zero-order chi connectivity index (χ0) is 13.1. The van der Waals surface area contributed by atoms with Crippen LogP contribution in [0.2, 0.25) is 0 Å². The standard InChI is InChI=1S/C13H13BrIN3/c1-3-16-13-11(15)8(2)17-12(18-13)9-6-4-5-7-10(9)14/h4-7H,3H2,1-2H3,(H,16,17,18). The highest BCUT2D eigenvalue weighted by molar-refractivity contribution is 14.1. The zero-order valence-electron chi connectivity index (χ0n) is 10.2. The third kappa shape index (κ3) is 2.83. The first-order valence-corrected chi connectivity index (χ1v) is 7.53. The average Bonchev–Trinajstić information content (AvgIpc) is 2.35. The summed E-state index contributed by atoms with van der Waals surface area (Å²) in [6.07, 6.45) is 0. The number of hydrogen-bond acceptors (Lipinski definition) is 3. The number of anilines is 1. The first-order valence-electron chi connectivity index (χ1n) is 5.66. The lowest BCUT2D eigenvalue weighted by Crippen LogP contribution is -2.06. The lowest BCUT2D eigenvalue weighted by atomic mass is 10.2. The smallest absolute Gasteiger partial charge is 0.162 e. The van der Waals surface area contributed by atoms with Gasteiger partial charge in [-0.3, -0.25) is 0 Å². The van der Waals surface area contributed by atoms with Crippen LogP contribution in [0, 0.1) is 10.5 Å². The molecular weight excluding hydrogens is 405 g/mol. The monoisotopic (exact) mass is 417 g/mol. The Bertz CT molecular complexity index is 572. The fourth-order valence-corrected chi connectivity index (χ4v) is 2.50. The maximum atomic E-state index is 4.59. The van der Waals surface area contributed by atoms with E-state index >= 15 is 0 Å². The van der Waals surface area contributed by atoms with Crippen LogP contribution < -0.4 is 5.32 Å².